The Morgan fingerprint density at radius 3 is 2.52 bits per heavy atom. The predicted molar refractivity (Wildman–Crippen MR) is 85.2 cm³/mol. The van der Waals surface area contributed by atoms with Gasteiger partial charge in [0.2, 0.25) is 0 Å². The van der Waals surface area contributed by atoms with Crippen LogP contribution in [0.1, 0.15) is 11.4 Å². The molecule has 0 saturated heterocycles. The van der Waals surface area contributed by atoms with E-state index in [1.807, 2.05) is 31.2 Å². The fraction of sp³-hybridized carbons (Fsp3) is 0.176. The molecule has 1 heterocycles. The lowest BCUT2D eigenvalue weighted by molar-refractivity contribution is 1.02. The molecule has 0 unspecified atom stereocenters. The Morgan fingerprint density at radius 1 is 1.00 bits per heavy atom. The molecule has 4 heteroatoms. The highest BCUT2D eigenvalue weighted by molar-refractivity contribution is 5.73. The van der Waals surface area contributed by atoms with Crippen molar-refractivity contribution in [3.05, 3.63) is 66.0 Å². The average Bonchev–Trinajstić information content (AvgIpc) is 2.95. The number of aromatic nitrogens is 3. The smallest absolute Gasteiger partial charge is 0.183 e. The van der Waals surface area contributed by atoms with Gasteiger partial charge in [-0.05, 0) is 31.0 Å². The number of H-pyrrole nitrogens is 1. The first-order valence-corrected chi connectivity index (χ1v) is 7.09. The Hall–Kier alpha value is -2.62. The number of anilines is 1. The van der Waals surface area contributed by atoms with E-state index in [0.717, 1.165) is 35.9 Å². The summed E-state index contributed by atoms with van der Waals surface area (Å²) in [5.74, 6) is 1.55. The predicted octanol–water partition coefficient (Wildman–Crippen LogP) is 3.43. The second-order valence-corrected chi connectivity index (χ2v) is 4.95. The minimum atomic E-state index is 0.732. The third-order valence-corrected chi connectivity index (χ3v) is 3.34. The number of nitrogens with one attached hydrogen (secondary N) is 2. The highest BCUT2D eigenvalue weighted by Crippen LogP contribution is 2.24. The van der Waals surface area contributed by atoms with Crippen LogP contribution in [0.5, 0.6) is 0 Å². The van der Waals surface area contributed by atoms with Crippen LogP contribution in [0.4, 0.5) is 5.69 Å². The molecular weight excluding hydrogens is 260 g/mol. The van der Waals surface area contributed by atoms with Crippen LogP contribution in [0, 0.1) is 6.92 Å². The van der Waals surface area contributed by atoms with Crippen molar-refractivity contribution in [2.75, 3.05) is 11.9 Å². The molecule has 0 aliphatic carbocycles. The lowest BCUT2D eigenvalue weighted by Crippen LogP contribution is -2.06. The van der Waals surface area contributed by atoms with E-state index in [-0.39, 0.29) is 0 Å². The van der Waals surface area contributed by atoms with Crippen LogP contribution >= 0.6 is 0 Å². The number of nitrogens with zero attached hydrogens (tertiary/aromatic N) is 2. The Labute approximate surface area is 124 Å². The zero-order valence-corrected chi connectivity index (χ0v) is 12.0. The molecule has 0 amide bonds. The van der Waals surface area contributed by atoms with Crippen LogP contribution in [0.25, 0.3) is 11.4 Å². The molecule has 4 nitrogen and oxygen atoms in total. The van der Waals surface area contributed by atoms with E-state index in [9.17, 15) is 0 Å². The molecule has 0 aliphatic rings. The fourth-order valence-corrected chi connectivity index (χ4v) is 2.28. The number of rotatable bonds is 5. The summed E-state index contributed by atoms with van der Waals surface area (Å²) < 4.78 is 0. The zero-order chi connectivity index (χ0) is 14.5. The molecule has 2 aromatic carbocycles. The molecule has 0 fully saturated rings. The van der Waals surface area contributed by atoms with Gasteiger partial charge in [0.1, 0.15) is 5.82 Å². The van der Waals surface area contributed by atoms with Crippen LogP contribution < -0.4 is 5.32 Å². The summed E-state index contributed by atoms with van der Waals surface area (Å²) in [6.07, 6.45) is 0.988. The topological polar surface area (TPSA) is 53.6 Å². The monoisotopic (exact) mass is 278 g/mol. The summed E-state index contributed by atoms with van der Waals surface area (Å²) in [6.45, 7) is 2.78. The summed E-state index contributed by atoms with van der Waals surface area (Å²) in [6, 6.07) is 18.6. The van der Waals surface area contributed by atoms with Gasteiger partial charge in [-0.1, -0.05) is 42.5 Å². The first-order chi connectivity index (χ1) is 10.3. The normalized spacial score (nSPS) is 10.5. The molecule has 3 rings (SSSR count). The highest BCUT2D eigenvalue weighted by atomic mass is 15.2. The second kappa shape index (κ2) is 6.22. The fourth-order valence-electron chi connectivity index (χ4n) is 2.28. The van der Waals surface area contributed by atoms with E-state index < -0.39 is 0 Å². The quantitative estimate of drug-likeness (QED) is 0.751. The van der Waals surface area contributed by atoms with Crippen LogP contribution in [0.2, 0.25) is 0 Å². The maximum Gasteiger partial charge on any atom is 0.183 e. The molecule has 0 radical (unpaired) electrons. The summed E-state index contributed by atoms with van der Waals surface area (Å²) in [4.78, 5) is 4.40. The number of para-hydroxylation sites is 1. The maximum absolute atomic E-state index is 4.40. The van der Waals surface area contributed by atoms with Gasteiger partial charge in [0.05, 0.1) is 0 Å². The zero-order valence-electron chi connectivity index (χ0n) is 12.0. The second-order valence-electron chi connectivity index (χ2n) is 4.95. The van der Waals surface area contributed by atoms with E-state index in [2.05, 4.69) is 50.8 Å². The van der Waals surface area contributed by atoms with Crippen molar-refractivity contribution in [2.24, 2.45) is 0 Å². The van der Waals surface area contributed by atoms with Gasteiger partial charge >= 0.3 is 0 Å². The molecule has 0 atom stereocenters. The first-order valence-electron chi connectivity index (χ1n) is 7.09. The summed E-state index contributed by atoms with van der Waals surface area (Å²) in [5.41, 5.74) is 3.42. The Morgan fingerprint density at radius 2 is 1.76 bits per heavy atom. The molecule has 2 N–H and O–H groups in total. The molecule has 3 aromatic rings. The van der Waals surface area contributed by atoms with Gasteiger partial charge in [-0.2, -0.15) is 5.10 Å². The SMILES string of the molecule is Cc1nc(-c2ccccc2NCCc2ccccc2)n[nH]1. The average molecular weight is 278 g/mol. The molecule has 1 aromatic heterocycles. The Bertz CT molecular complexity index is 704. The molecule has 21 heavy (non-hydrogen) atoms. The number of benzene rings is 2. The van der Waals surface area contributed by atoms with Crippen LogP contribution in [-0.4, -0.2) is 21.7 Å². The molecule has 0 bridgehead atoms. The van der Waals surface area contributed by atoms with Crippen molar-refractivity contribution in [3.8, 4) is 11.4 Å². The van der Waals surface area contributed by atoms with Gasteiger partial charge in [0.15, 0.2) is 5.82 Å². The van der Waals surface area contributed by atoms with Crippen molar-refractivity contribution in [3.63, 3.8) is 0 Å². The Balaban J connectivity index is 1.71. The molecule has 0 aliphatic heterocycles. The van der Waals surface area contributed by atoms with Crippen molar-refractivity contribution >= 4 is 5.69 Å². The van der Waals surface area contributed by atoms with Gasteiger partial charge in [0.25, 0.3) is 0 Å². The van der Waals surface area contributed by atoms with E-state index in [0.29, 0.717) is 0 Å². The van der Waals surface area contributed by atoms with Crippen molar-refractivity contribution in [1.82, 2.24) is 15.2 Å². The number of hydrogen-bond donors (Lipinski definition) is 2. The Kier molecular flexibility index (Phi) is 3.96. The maximum atomic E-state index is 4.40. The molecule has 106 valence electrons. The lowest BCUT2D eigenvalue weighted by atomic mass is 10.1. The molecule has 0 spiro atoms. The minimum absolute atomic E-state index is 0.732. The number of aryl methyl sites for hydroxylation is 1. The highest BCUT2D eigenvalue weighted by Gasteiger charge is 2.08. The van der Waals surface area contributed by atoms with Crippen LogP contribution in [0.3, 0.4) is 0 Å². The van der Waals surface area contributed by atoms with Gasteiger partial charge in [-0.25, -0.2) is 4.98 Å². The van der Waals surface area contributed by atoms with E-state index in [1.165, 1.54) is 5.56 Å². The van der Waals surface area contributed by atoms with E-state index in [4.69, 9.17) is 0 Å². The van der Waals surface area contributed by atoms with Gasteiger partial charge in [0, 0.05) is 17.8 Å². The molecular formula is C17H18N4. The van der Waals surface area contributed by atoms with E-state index >= 15 is 0 Å². The van der Waals surface area contributed by atoms with Crippen molar-refractivity contribution < 1.29 is 0 Å². The van der Waals surface area contributed by atoms with Gasteiger partial charge < -0.3 is 5.32 Å². The summed E-state index contributed by atoms with van der Waals surface area (Å²) in [5, 5.41) is 10.6. The van der Waals surface area contributed by atoms with Crippen molar-refractivity contribution in [2.45, 2.75) is 13.3 Å². The molecule has 0 saturated carbocycles. The first kappa shape index (κ1) is 13.4. The number of aromatic amines is 1. The standard InChI is InChI=1S/C17H18N4/c1-13-19-17(21-20-13)15-9-5-6-10-16(15)18-12-11-14-7-3-2-4-8-14/h2-10,18H,11-12H2,1H3,(H,19,20,21). The van der Waals surface area contributed by atoms with Crippen molar-refractivity contribution in [1.29, 1.82) is 0 Å². The van der Waals surface area contributed by atoms with Gasteiger partial charge in [-0.15, -0.1) is 0 Å². The summed E-state index contributed by atoms with van der Waals surface area (Å²) >= 11 is 0. The third kappa shape index (κ3) is 3.28. The lowest BCUT2D eigenvalue weighted by Gasteiger charge is -2.10. The van der Waals surface area contributed by atoms with Crippen LogP contribution in [0.15, 0.2) is 54.6 Å². The number of hydrogen-bond acceptors (Lipinski definition) is 3. The summed E-state index contributed by atoms with van der Waals surface area (Å²) in [7, 11) is 0. The minimum Gasteiger partial charge on any atom is -0.384 e. The third-order valence-electron chi connectivity index (χ3n) is 3.34. The van der Waals surface area contributed by atoms with Gasteiger partial charge in [-0.3, -0.25) is 5.10 Å². The largest absolute Gasteiger partial charge is 0.384 e. The van der Waals surface area contributed by atoms with Crippen LogP contribution in [-0.2, 0) is 6.42 Å². The van der Waals surface area contributed by atoms with E-state index in [1.54, 1.807) is 0 Å².